The molecule has 0 heterocycles. The minimum atomic E-state index is -4.28. The summed E-state index contributed by atoms with van der Waals surface area (Å²) in [7, 11) is -4.28. The number of carbonyl (C=O) groups is 1. The van der Waals surface area contributed by atoms with E-state index in [1.54, 1.807) is 6.92 Å². The quantitative estimate of drug-likeness (QED) is 0.233. The Bertz CT molecular complexity index is 865. The summed E-state index contributed by atoms with van der Waals surface area (Å²) in [5.74, 6) is 0.392. The lowest BCUT2D eigenvalue weighted by Crippen LogP contribution is -2.37. The van der Waals surface area contributed by atoms with Gasteiger partial charge in [-0.2, -0.15) is 13.1 Å². The number of hydrogen-bond acceptors (Lipinski definition) is 5. The third-order valence-corrected chi connectivity index (χ3v) is 7.29. The first kappa shape index (κ1) is 32.4. The Morgan fingerprint density at radius 3 is 1.72 bits per heavy atom. The molecule has 6 nitrogen and oxygen atoms in total. The van der Waals surface area contributed by atoms with Gasteiger partial charge in [0, 0.05) is 11.1 Å². The molecule has 1 aromatic carbocycles. The van der Waals surface area contributed by atoms with Gasteiger partial charge in [0.2, 0.25) is 0 Å². The molecule has 0 aromatic heterocycles. The van der Waals surface area contributed by atoms with Crippen molar-refractivity contribution in [3.63, 3.8) is 0 Å². The molecule has 0 aliphatic rings. The van der Waals surface area contributed by atoms with E-state index in [9.17, 15) is 13.2 Å². The molecule has 1 rings (SSSR count). The topological polar surface area (TPSA) is 81.7 Å². The Balaban J connectivity index is 2.56. The van der Waals surface area contributed by atoms with Crippen molar-refractivity contribution in [2.75, 3.05) is 0 Å². The minimum Gasteiger partial charge on any atom is -0.409 e. The van der Waals surface area contributed by atoms with Gasteiger partial charge in [-0.15, -0.1) is 0 Å². The van der Waals surface area contributed by atoms with E-state index in [1.165, 1.54) is 44.9 Å². The molecular weight excluding hydrogens is 474 g/mol. The van der Waals surface area contributed by atoms with Crippen molar-refractivity contribution < 1.29 is 22.1 Å². The van der Waals surface area contributed by atoms with E-state index in [-0.39, 0.29) is 10.8 Å². The maximum Gasteiger partial charge on any atom is 0.428 e. The van der Waals surface area contributed by atoms with Gasteiger partial charge in [-0.05, 0) is 24.2 Å². The second-order valence-electron chi connectivity index (χ2n) is 12.0. The number of ether oxygens (including phenoxy) is 1. The fourth-order valence-electron chi connectivity index (χ4n) is 4.25. The van der Waals surface area contributed by atoms with Crippen molar-refractivity contribution >= 4 is 16.4 Å². The van der Waals surface area contributed by atoms with Crippen LogP contribution in [-0.4, -0.2) is 20.6 Å². The van der Waals surface area contributed by atoms with E-state index in [0.717, 1.165) is 30.4 Å². The number of benzene rings is 1. The first-order valence-electron chi connectivity index (χ1n) is 13.7. The highest BCUT2D eigenvalue weighted by Gasteiger charge is 2.29. The molecule has 7 heteroatoms. The fourth-order valence-corrected chi connectivity index (χ4v) is 5.07. The lowest BCUT2D eigenvalue weighted by Gasteiger charge is -2.28. The van der Waals surface area contributed by atoms with Gasteiger partial charge in [-0.3, -0.25) is 4.18 Å². The molecular formula is C29H51NO5S. The van der Waals surface area contributed by atoms with Crippen LogP contribution in [0.3, 0.4) is 0 Å². The molecule has 0 fully saturated rings. The number of unbranched alkanes of at least 4 members (excludes halogenated alkanes) is 9. The lowest BCUT2D eigenvalue weighted by atomic mass is 9.79. The third-order valence-electron chi connectivity index (χ3n) is 6.29. The first-order valence-corrected chi connectivity index (χ1v) is 15.1. The summed E-state index contributed by atoms with van der Waals surface area (Å²) in [6.07, 6.45) is 11.2. The van der Waals surface area contributed by atoms with Crippen molar-refractivity contribution in [1.29, 1.82) is 0 Å². The van der Waals surface area contributed by atoms with E-state index in [4.69, 9.17) is 8.92 Å². The number of carbonyl (C=O) groups excluding carboxylic acids is 1. The average molecular weight is 526 g/mol. The standard InChI is InChI=1S/C29H51NO5S/c1-9-10-11-12-13-14-15-16-17-18-20-23(2)35-36(32,33)30-27(31)34-26-24(28(3,4)5)21-19-22-25(26)29(6,7)8/h19,21-23H,9-18,20H2,1-8H3,(H,30,31). The van der Waals surface area contributed by atoms with Crippen LogP contribution in [0, 0.1) is 0 Å². The molecule has 0 saturated carbocycles. The Kier molecular flexibility index (Phi) is 13.5. The number of para-hydroxylation sites is 1. The summed E-state index contributed by atoms with van der Waals surface area (Å²) >= 11 is 0. The van der Waals surface area contributed by atoms with Crippen LogP contribution in [0.25, 0.3) is 0 Å². The Morgan fingerprint density at radius 1 is 0.833 bits per heavy atom. The van der Waals surface area contributed by atoms with Gasteiger partial charge < -0.3 is 4.74 Å². The van der Waals surface area contributed by atoms with E-state index < -0.39 is 22.5 Å². The zero-order valence-electron chi connectivity index (χ0n) is 24.0. The van der Waals surface area contributed by atoms with Gasteiger partial charge in [0.1, 0.15) is 5.75 Å². The normalized spacial score (nSPS) is 13.4. The van der Waals surface area contributed by atoms with E-state index in [2.05, 4.69) is 6.92 Å². The minimum absolute atomic E-state index is 0.296. The van der Waals surface area contributed by atoms with Crippen LogP contribution in [0.2, 0.25) is 0 Å². The zero-order valence-corrected chi connectivity index (χ0v) is 24.9. The molecule has 0 radical (unpaired) electrons. The molecule has 0 bridgehead atoms. The molecule has 0 aliphatic heterocycles. The maximum absolute atomic E-state index is 12.6. The van der Waals surface area contributed by atoms with Crippen LogP contribution in [-0.2, 0) is 25.3 Å². The van der Waals surface area contributed by atoms with E-state index in [1.807, 2.05) is 64.5 Å². The molecule has 208 valence electrons. The number of nitrogens with one attached hydrogen (secondary N) is 1. The highest BCUT2D eigenvalue weighted by Crippen LogP contribution is 2.39. The van der Waals surface area contributed by atoms with Gasteiger partial charge in [-0.25, -0.2) is 4.79 Å². The molecule has 1 atom stereocenters. The van der Waals surface area contributed by atoms with Crippen LogP contribution in [0.5, 0.6) is 5.75 Å². The van der Waals surface area contributed by atoms with Gasteiger partial charge >= 0.3 is 16.4 Å². The van der Waals surface area contributed by atoms with Crippen LogP contribution >= 0.6 is 0 Å². The average Bonchev–Trinajstić information content (AvgIpc) is 2.72. The van der Waals surface area contributed by atoms with E-state index >= 15 is 0 Å². The van der Waals surface area contributed by atoms with Crippen molar-refractivity contribution in [2.45, 2.75) is 143 Å². The van der Waals surface area contributed by atoms with Crippen LogP contribution in [0.4, 0.5) is 4.79 Å². The molecule has 0 aliphatic carbocycles. The maximum atomic E-state index is 12.6. The lowest BCUT2D eigenvalue weighted by molar-refractivity contribution is 0.192. The highest BCUT2D eigenvalue weighted by atomic mass is 32.2. The molecule has 1 aromatic rings. The summed E-state index contributed by atoms with van der Waals surface area (Å²) in [5, 5.41) is 0. The Labute approximate surface area is 221 Å². The monoisotopic (exact) mass is 525 g/mol. The van der Waals surface area contributed by atoms with Crippen molar-refractivity contribution in [1.82, 2.24) is 4.72 Å². The van der Waals surface area contributed by atoms with Gasteiger partial charge in [0.05, 0.1) is 6.10 Å². The first-order chi connectivity index (χ1) is 16.7. The van der Waals surface area contributed by atoms with Crippen LogP contribution in [0.1, 0.15) is 137 Å². The summed E-state index contributed by atoms with van der Waals surface area (Å²) in [6, 6.07) is 5.73. The van der Waals surface area contributed by atoms with Gasteiger partial charge in [0.25, 0.3) is 0 Å². The van der Waals surface area contributed by atoms with Gasteiger partial charge in [-0.1, -0.05) is 131 Å². The summed E-state index contributed by atoms with van der Waals surface area (Å²) < 4.78 is 37.6. The fraction of sp³-hybridized carbons (Fsp3) is 0.759. The van der Waals surface area contributed by atoms with E-state index in [0.29, 0.717) is 12.2 Å². The second-order valence-corrected chi connectivity index (χ2v) is 13.3. The summed E-state index contributed by atoms with van der Waals surface area (Å²) in [5.41, 5.74) is 1.07. The number of rotatable bonds is 15. The van der Waals surface area contributed by atoms with Crippen molar-refractivity contribution in [3.8, 4) is 5.75 Å². The number of hydrogen-bond donors (Lipinski definition) is 1. The van der Waals surface area contributed by atoms with Crippen molar-refractivity contribution in [2.24, 2.45) is 0 Å². The Hall–Kier alpha value is -1.60. The SMILES string of the molecule is CCCCCCCCCCCCC(C)OS(=O)(=O)NC(=O)Oc1c(C(C)(C)C)cccc1C(C)(C)C. The predicted molar refractivity (Wildman–Crippen MR) is 149 cm³/mol. The van der Waals surface area contributed by atoms with Crippen LogP contribution in [0.15, 0.2) is 18.2 Å². The second kappa shape index (κ2) is 15.0. The Morgan fingerprint density at radius 2 is 1.28 bits per heavy atom. The molecule has 0 spiro atoms. The summed E-state index contributed by atoms with van der Waals surface area (Å²) in [6.45, 7) is 16.1. The predicted octanol–water partition coefficient (Wildman–Crippen LogP) is 8.33. The molecule has 1 unspecified atom stereocenters. The number of amides is 1. The van der Waals surface area contributed by atoms with Crippen molar-refractivity contribution in [3.05, 3.63) is 29.3 Å². The summed E-state index contributed by atoms with van der Waals surface area (Å²) in [4.78, 5) is 12.6. The largest absolute Gasteiger partial charge is 0.428 e. The highest BCUT2D eigenvalue weighted by molar-refractivity contribution is 7.85. The van der Waals surface area contributed by atoms with Gasteiger partial charge in [0.15, 0.2) is 0 Å². The molecule has 36 heavy (non-hydrogen) atoms. The molecule has 0 saturated heterocycles. The zero-order chi connectivity index (χ0) is 27.4. The molecule has 1 N–H and O–H groups in total. The van der Waals surface area contributed by atoms with Crippen LogP contribution < -0.4 is 9.46 Å². The molecule has 1 amide bonds. The smallest absolute Gasteiger partial charge is 0.409 e. The third kappa shape index (κ3) is 12.6.